The van der Waals surface area contributed by atoms with Crippen LogP contribution in [0.5, 0.6) is 0 Å². The van der Waals surface area contributed by atoms with Gasteiger partial charge in [0.05, 0.1) is 0 Å². The molecule has 0 spiro atoms. The molecule has 0 bridgehead atoms. The Hall–Kier alpha value is -1.07. The van der Waals surface area contributed by atoms with Gasteiger partial charge in [-0.15, -0.1) is 0 Å². The average molecular weight is 282 g/mol. The van der Waals surface area contributed by atoms with E-state index >= 15 is 0 Å². The van der Waals surface area contributed by atoms with Crippen LogP contribution in [0.4, 0.5) is 4.39 Å². The van der Waals surface area contributed by atoms with Gasteiger partial charge in [0.25, 0.3) is 5.91 Å². The van der Waals surface area contributed by atoms with Crippen LogP contribution >= 0.6 is 11.8 Å². The number of likely N-dealkylation sites (N-methyl/N-ethyl adjacent to an activating group) is 1. The van der Waals surface area contributed by atoms with Crippen LogP contribution in [0.2, 0.25) is 0 Å². The third-order valence-electron chi connectivity index (χ3n) is 3.49. The molecule has 0 aromatic heterocycles. The summed E-state index contributed by atoms with van der Waals surface area (Å²) in [4.78, 5) is 14.1. The molecule has 0 aliphatic carbocycles. The minimum absolute atomic E-state index is 0.0314. The fraction of sp³-hybridized carbons (Fsp3) is 0.500. The molecular weight excluding hydrogens is 263 g/mol. The van der Waals surface area contributed by atoms with Crippen LogP contribution < -0.4 is 5.32 Å². The molecule has 1 aromatic carbocycles. The van der Waals surface area contributed by atoms with Crippen molar-refractivity contribution in [3.8, 4) is 0 Å². The van der Waals surface area contributed by atoms with Gasteiger partial charge < -0.3 is 10.2 Å². The molecule has 3 nitrogen and oxygen atoms in total. The number of thioether (sulfide) groups is 1. The molecule has 1 aromatic rings. The van der Waals surface area contributed by atoms with E-state index in [1.54, 1.807) is 28.8 Å². The van der Waals surface area contributed by atoms with Crippen LogP contribution in [0.25, 0.3) is 0 Å². The highest BCUT2D eigenvalue weighted by atomic mass is 32.2. The van der Waals surface area contributed by atoms with Crippen LogP contribution in [0.3, 0.4) is 0 Å². The zero-order valence-electron chi connectivity index (χ0n) is 11.3. The van der Waals surface area contributed by atoms with Crippen LogP contribution in [-0.4, -0.2) is 43.2 Å². The number of carbonyl (C=O) groups excluding carboxylic acids is 1. The number of hydrogen-bond donors (Lipinski definition) is 1. The van der Waals surface area contributed by atoms with Crippen LogP contribution in [-0.2, 0) is 5.75 Å². The smallest absolute Gasteiger partial charge is 0.253 e. The second-order valence-electron chi connectivity index (χ2n) is 4.80. The number of nitrogens with one attached hydrogen (secondary N) is 1. The zero-order chi connectivity index (χ0) is 13.8. The van der Waals surface area contributed by atoms with Crippen molar-refractivity contribution >= 4 is 17.7 Å². The van der Waals surface area contributed by atoms with Crippen molar-refractivity contribution in [3.63, 3.8) is 0 Å². The molecule has 1 heterocycles. The van der Waals surface area contributed by atoms with Crippen molar-refractivity contribution < 1.29 is 9.18 Å². The van der Waals surface area contributed by atoms with E-state index in [-0.39, 0.29) is 17.8 Å². The first-order valence-electron chi connectivity index (χ1n) is 6.38. The summed E-state index contributed by atoms with van der Waals surface area (Å²) >= 11 is 1.55. The van der Waals surface area contributed by atoms with E-state index in [2.05, 4.69) is 5.32 Å². The minimum Gasteiger partial charge on any atom is -0.337 e. The van der Waals surface area contributed by atoms with E-state index in [9.17, 15) is 9.18 Å². The Morgan fingerprint density at radius 3 is 3.00 bits per heavy atom. The molecule has 19 heavy (non-hydrogen) atoms. The van der Waals surface area contributed by atoms with Crippen LogP contribution in [0.15, 0.2) is 18.2 Å². The predicted octanol–water partition coefficient (Wildman–Crippen LogP) is 2.12. The van der Waals surface area contributed by atoms with Crippen molar-refractivity contribution in [3.05, 3.63) is 35.1 Å². The maximum absolute atomic E-state index is 13.6. The first-order valence-corrected chi connectivity index (χ1v) is 7.78. The number of benzene rings is 1. The molecule has 2 rings (SSSR count). The Balaban J connectivity index is 2.16. The number of carbonyl (C=O) groups is 1. The van der Waals surface area contributed by atoms with E-state index < -0.39 is 0 Å². The van der Waals surface area contributed by atoms with Crippen molar-refractivity contribution in [2.75, 3.05) is 26.4 Å². The quantitative estimate of drug-likeness (QED) is 0.918. The van der Waals surface area contributed by atoms with E-state index in [4.69, 9.17) is 0 Å². The molecule has 0 radical (unpaired) electrons. The van der Waals surface area contributed by atoms with Gasteiger partial charge in [0.2, 0.25) is 0 Å². The molecular formula is C14H19FN2OS. The Morgan fingerprint density at radius 2 is 2.37 bits per heavy atom. The van der Waals surface area contributed by atoms with E-state index in [1.165, 1.54) is 6.07 Å². The lowest BCUT2D eigenvalue weighted by Crippen LogP contribution is -2.38. The number of rotatable bonds is 4. The molecule has 104 valence electrons. The fourth-order valence-corrected chi connectivity index (χ4v) is 2.85. The van der Waals surface area contributed by atoms with E-state index in [1.807, 2.05) is 13.3 Å². The van der Waals surface area contributed by atoms with E-state index in [0.29, 0.717) is 16.9 Å². The molecule has 1 aliphatic rings. The summed E-state index contributed by atoms with van der Waals surface area (Å²) in [6.07, 6.45) is 2.89. The molecule has 1 fully saturated rings. The van der Waals surface area contributed by atoms with Gasteiger partial charge in [0.15, 0.2) is 0 Å². The summed E-state index contributed by atoms with van der Waals surface area (Å²) in [7, 11) is 1.82. The second-order valence-corrected chi connectivity index (χ2v) is 5.67. The molecule has 1 atom stereocenters. The van der Waals surface area contributed by atoms with Crippen molar-refractivity contribution in [1.82, 2.24) is 10.2 Å². The molecule has 1 saturated heterocycles. The third kappa shape index (κ3) is 3.28. The molecule has 1 N–H and O–H groups in total. The van der Waals surface area contributed by atoms with Gasteiger partial charge in [0.1, 0.15) is 5.82 Å². The largest absolute Gasteiger partial charge is 0.337 e. The highest BCUT2D eigenvalue weighted by Crippen LogP contribution is 2.18. The molecule has 0 saturated carbocycles. The van der Waals surface area contributed by atoms with E-state index in [0.717, 1.165) is 19.5 Å². The first kappa shape index (κ1) is 14.3. The maximum Gasteiger partial charge on any atom is 0.253 e. The SMILES string of the molecule is CSCc1cc(C(=O)N(C)C2CCNC2)ccc1F. The molecule has 1 aliphatic heterocycles. The lowest BCUT2D eigenvalue weighted by Gasteiger charge is -2.24. The molecule has 1 unspecified atom stereocenters. The summed E-state index contributed by atoms with van der Waals surface area (Å²) in [5.41, 5.74) is 1.16. The maximum atomic E-state index is 13.6. The van der Waals surface area contributed by atoms with Gasteiger partial charge in [-0.05, 0) is 43.0 Å². The first-order chi connectivity index (χ1) is 9.13. The third-order valence-corrected chi connectivity index (χ3v) is 4.09. The number of nitrogens with zero attached hydrogens (tertiary/aromatic N) is 1. The molecule has 1 amide bonds. The Morgan fingerprint density at radius 1 is 1.58 bits per heavy atom. The van der Waals surface area contributed by atoms with Crippen LogP contribution in [0.1, 0.15) is 22.3 Å². The van der Waals surface area contributed by atoms with Crippen molar-refractivity contribution in [2.45, 2.75) is 18.2 Å². The highest BCUT2D eigenvalue weighted by molar-refractivity contribution is 7.97. The predicted molar refractivity (Wildman–Crippen MR) is 77.0 cm³/mol. The zero-order valence-corrected chi connectivity index (χ0v) is 12.1. The summed E-state index contributed by atoms with van der Waals surface area (Å²) in [6.45, 7) is 1.78. The normalized spacial score (nSPS) is 18.6. The fourth-order valence-electron chi connectivity index (χ4n) is 2.31. The van der Waals surface area contributed by atoms with Gasteiger partial charge in [-0.25, -0.2) is 4.39 Å². The lowest BCUT2D eigenvalue weighted by atomic mass is 10.1. The topological polar surface area (TPSA) is 32.3 Å². The number of halogens is 1. The second kappa shape index (κ2) is 6.39. The van der Waals surface area contributed by atoms with Crippen molar-refractivity contribution in [1.29, 1.82) is 0 Å². The Kier molecular flexibility index (Phi) is 4.82. The monoisotopic (exact) mass is 282 g/mol. The van der Waals surface area contributed by atoms with Gasteiger partial charge in [-0.3, -0.25) is 4.79 Å². The minimum atomic E-state index is -0.240. The standard InChI is InChI=1S/C14H19FN2OS/c1-17(12-5-6-16-8-12)14(18)10-3-4-13(15)11(7-10)9-19-2/h3-4,7,12,16H,5-6,8-9H2,1-2H3. The number of hydrogen-bond acceptors (Lipinski definition) is 3. The van der Waals surface area contributed by atoms with Gasteiger partial charge in [-0.1, -0.05) is 0 Å². The Labute approximate surface area is 117 Å². The van der Waals surface area contributed by atoms with Gasteiger partial charge in [-0.2, -0.15) is 11.8 Å². The summed E-state index contributed by atoms with van der Waals surface area (Å²) in [6, 6.07) is 4.87. The highest BCUT2D eigenvalue weighted by Gasteiger charge is 2.24. The molecule has 5 heteroatoms. The average Bonchev–Trinajstić information content (AvgIpc) is 2.94. The summed E-state index contributed by atoms with van der Waals surface area (Å²) < 4.78 is 13.6. The van der Waals surface area contributed by atoms with Gasteiger partial charge >= 0.3 is 0 Å². The lowest BCUT2D eigenvalue weighted by molar-refractivity contribution is 0.0743. The Bertz CT molecular complexity index is 461. The summed E-state index contributed by atoms with van der Waals surface area (Å²) in [5, 5.41) is 3.24. The van der Waals surface area contributed by atoms with Crippen LogP contribution in [0, 0.1) is 5.82 Å². The summed E-state index contributed by atoms with van der Waals surface area (Å²) in [5.74, 6) is 0.314. The van der Waals surface area contributed by atoms with Gasteiger partial charge in [0, 0.05) is 31.0 Å². The number of amides is 1. The van der Waals surface area contributed by atoms with Crippen molar-refractivity contribution in [2.24, 2.45) is 0 Å².